The third kappa shape index (κ3) is 4.86. The number of rotatable bonds is 7. The van der Waals surface area contributed by atoms with Gasteiger partial charge in [0.05, 0.1) is 12.3 Å². The van der Waals surface area contributed by atoms with Gasteiger partial charge in [0.15, 0.2) is 11.0 Å². The number of aromatic nitrogens is 3. The van der Waals surface area contributed by atoms with Crippen molar-refractivity contribution in [3.05, 3.63) is 35.2 Å². The van der Waals surface area contributed by atoms with Crippen molar-refractivity contribution >= 4 is 29.3 Å². The van der Waals surface area contributed by atoms with E-state index in [1.807, 2.05) is 22.5 Å². The van der Waals surface area contributed by atoms with Gasteiger partial charge in [-0.2, -0.15) is 0 Å². The molecule has 7 nitrogen and oxygen atoms in total. The average Bonchev–Trinajstić information content (AvgIpc) is 3.31. The predicted molar refractivity (Wildman–Crippen MR) is 117 cm³/mol. The lowest BCUT2D eigenvalue weighted by Gasteiger charge is -2.20. The standard InChI is InChI=1S/C22H29N5O2S/c1-2-27-19(14-26-12-5-3-4-9-21(26)29)24-25-22(27)30-15-20(28)23-18-11-10-16-7-6-8-17(16)13-18/h10-11,13H,2-9,12,14-15H2,1H3,(H,23,28). The largest absolute Gasteiger partial charge is 0.335 e. The van der Waals surface area contributed by atoms with Crippen LogP contribution in [0.2, 0.25) is 0 Å². The lowest BCUT2D eigenvalue weighted by molar-refractivity contribution is -0.131. The molecule has 0 spiro atoms. The van der Waals surface area contributed by atoms with Crippen LogP contribution in [0.4, 0.5) is 5.69 Å². The molecule has 2 aromatic rings. The zero-order valence-corrected chi connectivity index (χ0v) is 18.3. The van der Waals surface area contributed by atoms with Gasteiger partial charge in [-0.15, -0.1) is 10.2 Å². The number of hydrogen-bond donors (Lipinski definition) is 1. The number of likely N-dealkylation sites (tertiary alicyclic amines) is 1. The molecule has 0 bridgehead atoms. The van der Waals surface area contributed by atoms with Gasteiger partial charge in [0.25, 0.3) is 0 Å². The normalized spacial score (nSPS) is 16.4. The van der Waals surface area contributed by atoms with Crippen molar-refractivity contribution in [1.82, 2.24) is 19.7 Å². The molecular weight excluding hydrogens is 398 g/mol. The fraction of sp³-hybridized carbons (Fsp3) is 0.545. The molecule has 0 unspecified atom stereocenters. The highest BCUT2D eigenvalue weighted by Crippen LogP contribution is 2.25. The zero-order chi connectivity index (χ0) is 20.9. The Balaban J connectivity index is 1.35. The summed E-state index contributed by atoms with van der Waals surface area (Å²) in [5, 5.41) is 12.3. The number of aryl methyl sites for hydroxylation is 2. The fourth-order valence-electron chi connectivity index (χ4n) is 4.21. The number of nitrogens with one attached hydrogen (secondary N) is 1. The molecule has 1 aliphatic heterocycles. The highest BCUT2D eigenvalue weighted by atomic mass is 32.2. The Morgan fingerprint density at radius 3 is 2.83 bits per heavy atom. The van der Waals surface area contributed by atoms with Gasteiger partial charge in [0.2, 0.25) is 11.8 Å². The third-order valence-corrected chi connectivity index (χ3v) is 6.79. The van der Waals surface area contributed by atoms with E-state index < -0.39 is 0 Å². The molecule has 1 aromatic carbocycles. The molecular formula is C22H29N5O2S. The van der Waals surface area contributed by atoms with Crippen LogP contribution in [0.1, 0.15) is 56.0 Å². The summed E-state index contributed by atoms with van der Waals surface area (Å²) >= 11 is 1.39. The molecule has 2 heterocycles. The highest BCUT2D eigenvalue weighted by Gasteiger charge is 2.21. The van der Waals surface area contributed by atoms with E-state index >= 15 is 0 Å². The minimum Gasteiger partial charge on any atom is -0.335 e. The van der Waals surface area contributed by atoms with Gasteiger partial charge >= 0.3 is 0 Å². The molecule has 160 valence electrons. The molecule has 0 saturated carbocycles. The second kappa shape index (κ2) is 9.64. The zero-order valence-electron chi connectivity index (χ0n) is 17.5. The smallest absolute Gasteiger partial charge is 0.234 e. The van der Waals surface area contributed by atoms with Gasteiger partial charge in [0, 0.05) is 25.2 Å². The molecule has 1 N–H and O–H groups in total. The number of hydrogen-bond acceptors (Lipinski definition) is 5. The van der Waals surface area contributed by atoms with Crippen molar-refractivity contribution in [3.63, 3.8) is 0 Å². The highest BCUT2D eigenvalue weighted by molar-refractivity contribution is 7.99. The van der Waals surface area contributed by atoms with E-state index in [1.165, 1.54) is 29.3 Å². The molecule has 0 atom stereocenters. The third-order valence-electron chi connectivity index (χ3n) is 5.83. The number of carbonyl (C=O) groups is 2. The average molecular weight is 428 g/mol. The quantitative estimate of drug-likeness (QED) is 0.685. The molecule has 1 aromatic heterocycles. The molecule has 2 aliphatic rings. The van der Waals surface area contributed by atoms with E-state index in [0.29, 0.717) is 19.5 Å². The Kier molecular flexibility index (Phi) is 6.72. The van der Waals surface area contributed by atoms with Crippen molar-refractivity contribution in [2.45, 2.75) is 70.1 Å². The first kappa shape index (κ1) is 20.9. The SMILES string of the molecule is CCn1c(CN2CCCCCC2=O)nnc1SCC(=O)Nc1ccc2c(c1)CCC2. The Hall–Kier alpha value is -2.35. The van der Waals surface area contributed by atoms with E-state index in [1.54, 1.807) is 0 Å². The first-order chi connectivity index (χ1) is 14.6. The summed E-state index contributed by atoms with van der Waals surface area (Å²) in [4.78, 5) is 26.6. The summed E-state index contributed by atoms with van der Waals surface area (Å²) in [5.74, 6) is 1.21. The molecule has 30 heavy (non-hydrogen) atoms. The lowest BCUT2D eigenvalue weighted by atomic mass is 10.1. The number of benzene rings is 1. The second-order valence-electron chi connectivity index (χ2n) is 7.94. The maximum Gasteiger partial charge on any atom is 0.234 e. The van der Waals surface area contributed by atoms with Crippen LogP contribution in [0.3, 0.4) is 0 Å². The van der Waals surface area contributed by atoms with Gasteiger partial charge in [-0.3, -0.25) is 9.59 Å². The number of carbonyl (C=O) groups excluding carboxylic acids is 2. The summed E-state index contributed by atoms with van der Waals surface area (Å²) in [7, 11) is 0. The molecule has 2 amide bonds. The molecule has 1 fully saturated rings. The van der Waals surface area contributed by atoms with E-state index in [9.17, 15) is 9.59 Å². The van der Waals surface area contributed by atoms with Crippen LogP contribution in [-0.2, 0) is 35.5 Å². The van der Waals surface area contributed by atoms with Crippen LogP contribution >= 0.6 is 11.8 Å². The number of anilines is 1. The number of fused-ring (bicyclic) bond motifs is 1. The van der Waals surface area contributed by atoms with Gasteiger partial charge in [-0.05, 0) is 62.3 Å². The van der Waals surface area contributed by atoms with Crippen molar-refractivity contribution in [3.8, 4) is 0 Å². The monoisotopic (exact) mass is 427 g/mol. The van der Waals surface area contributed by atoms with Gasteiger partial charge in [0.1, 0.15) is 0 Å². The molecule has 1 saturated heterocycles. The summed E-state index contributed by atoms with van der Waals surface area (Å²) in [6.07, 6.45) is 7.15. The van der Waals surface area contributed by atoms with Crippen LogP contribution in [0.5, 0.6) is 0 Å². The van der Waals surface area contributed by atoms with Crippen molar-refractivity contribution in [1.29, 1.82) is 0 Å². The summed E-state index contributed by atoms with van der Waals surface area (Å²) < 4.78 is 2.01. The van der Waals surface area contributed by atoms with Crippen molar-refractivity contribution in [2.75, 3.05) is 17.6 Å². The van der Waals surface area contributed by atoms with Crippen LogP contribution < -0.4 is 5.32 Å². The molecule has 1 aliphatic carbocycles. The maximum atomic E-state index is 12.4. The molecule has 4 rings (SSSR count). The van der Waals surface area contributed by atoms with E-state index in [2.05, 4.69) is 27.6 Å². The Morgan fingerprint density at radius 2 is 1.97 bits per heavy atom. The van der Waals surface area contributed by atoms with E-state index in [-0.39, 0.29) is 17.6 Å². The predicted octanol–water partition coefficient (Wildman–Crippen LogP) is 3.42. The Labute approximate surface area is 181 Å². The van der Waals surface area contributed by atoms with Crippen LogP contribution in [0.15, 0.2) is 23.4 Å². The van der Waals surface area contributed by atoms with E-state index in [4.69, 9.17) is 0 Å². The molecule has 8 heteroatoms. The van der Waals surface area contributed by atoms with Crippen LogP contribution in [0, 0.1) is 0 Å². The Morgan fingerprint density at radius 1 is 1.10 bits per heavy atom. The maximum absolute atomic E-state index is 12.4. The first-order valence-corrected chi connectivity index (χ1v) is 11.9. The lowest BCUT2D eigenvalue weighted by Crippen LogP contribution is -2.31. The number of thioether (sulfide) groups is 1. The fourth-order valence-corrected chi connectivity index (χ4v) is 5.03. The molecule has 0 radical (unpaired) electrons. The topological polar surface area (TPSA) is 80.1 Å². The van der Waals surface area contributed by atoms with Gasteiger partial charge < -0.3 is 14.8 Å². The number of amides is 2. The minimum atomic E-state index is -0.0483. The summed E-state index contributed by atoms with van der Waals surface area (Å²) in [6, 6.07) is 6.20. The summed E-state index contributed by atoms with van der Waals surface area (Å²) in [6.45, 7) is 4.01. The summed E-state index contributed by atoms with van der Waals surface area (Å²) in [5.41, 5.74) is 3.60. The Bertz CT molecular complexity index is 926. The van der Waals surface area contributed by atoms with Gasteiger partial charge in [-0.1, -0.05) is 24.2 Å². The van der Waals surface area contributed by atoms with Crippen molar-refractivity contribution < 1.29 is 9.59 Å². The van der Waals surface area contributed by atoms with Gasteiger partial charge in [-0.25, -0.2) is 0 Å². The minimum absolute atomic E-state index is 0.0483. The van der Waals surface area contributed by atoms with Crippen LogP contribution in [-0.4, -0.2) is 43.8 Å². The second-order valence-corrected chi connectivity index (χ2v) is 8.89. The van der Waals surface area contributed by atoms with E-state index in [0.717, 1.165) is 55.3 Å². The van der Waals surface area contributed by atoms with Crippen LogP contribution in [0.25, 0.3) is 0 Å². The first-order valence-electron chi connectivity index (χ1n) is 10.9. The number of nitrogens with zero attached hydrogens (tertiary/aromatic N) is 4. The van der Waals surface area contributed by atoms with Crippen molar-refractivity contribution in [2.24, 2.45) is 0 Å².